The Balaban J connectivity index is 2.16. The Hall–Kier alpha value is -0.700. The van der Waals surface area contributed by atoms with Crippen molar-refractivity contribution in [1.29, 1.82) is 0 Å². The highest BCUT2D eigenvalue weighted by molar-refractivity contribution is 7.86. The lowest BCUT2D eigenvalue weighted by Gasteiger charge is -2.31. The summed E-state index contributed by atoms with van der Waals surface area (Å²) in [5, 5.41) is 8.99. The molecule has 3 unspecified atom stereocenters. The first-order valence-corrected chi connectivity index (χ1v) is 8.66. The van der Waals surface area contributed by atoms with Crippen LogP contribution in [0.3, 0.4) is 0 Å². The molecule has 1 N–H and O–H groups in total. The number of carboxylic acid groups (broad SMARTS) is 1. The Bertz CT molecular complexity index is 491. The molecule has 1 aliphatic heterocycles. The van der Waals surface area contributed by atoms with Gasteiger partial charge in [-0.3, -0.25) is 4.79 Å². The molecule has 122 valence electrons. The average molecular weight is 320 g/mol. The summed E-state index contributed by atoms with van der Waals surface area (Å²) in [7, 11) is -0.555. The lowest BCUT2D eigenvalue weighted by atomic mass is 10.1. The van der Waals surface area contributed by atoms with Gasteiger partial charge in [0, 0.05) is 32.8 Å². The second-order valence-corrected chi connectivity index (χ2v) is 7.96. The molecular weight excluding hydrogens is 296 g/mol. The van der Waals surface area contributed by atoms with Crippen molar-refractivity contribution in [2.24, 2.45) is 5.92 Å². The highest BCUT2D eigenvalue weighted by Gasteiger charge is 2.45. The number of rotatable bonds is 7. The standard InChI is InChI=1S/C13H24N2O5S/c1-9(10-4-5-10)14(2)21(18,19)15-8-12(20-3)6-11(15)7-13(16)17/h9-12H,4-8H2,1-3H3,(H,16,17). The number of hydrogen-bond donors (Lipinski definition) is 1. The van der Waals surface area contributed by atoms with E-state index in [4.69, 9.17) is 9.84 Å². The molecule has 1 saturated heterocycles. The second kappa shape index (κ2) is 6.20. The van der Waals surface area contributed by atoms with Gasteiger partial charge in [0.15, 0.2) is 0 Å². The molecule has 0 spiro atoms. The van der Waals surface area contributed by atoms with E-state index in [0.717, 1.165) is 12.8 Å². The Labute approximate surface area is 126 Å². The Morgan fingerprint density at radius 1 is 1.48 bits per heavy atom. The first-order valence-electron chi connectivity index (χ1n) is 7.26. The number of nitrogens with zero attached hydrogens (tertiary/aromatic N) is 2. The Kier molecular flexibility index (Phi) is 4.92. The smallest absolute Gasteiger partial charge is 0.304 e. The molecule has 0 amide bonds. The monoisotopic (exact) mass is 320 g/mol. The largest absolute Gasteiger partial charge is 0.481 e. The van der Waals surface area contributed by atoms with Crippen LogP contribution in [0.15, 0.2) is 0 Å². The molecule has 2 aliphatic rings. The first-order chi connectivity index (χ1) is 9.77. The third-order valence-electron chi connectivity index (χ3n) is 4.61. The average Bonchev–Trinajstić information content (AvgIpc) is 3.18. The van der Waals surface area contributed by atoms with Gasteiger partial charge in [0.25, 0.3) is 10.2 Å². The van der Waals surface area contributed by atoms with Gasteiger partial charge in [0.05, 0.1) is 12.5 Å². The zero-order chi connectivity index (χ0) is 15.8. The summed E-state index contributed by atoms with van der Waals surface area (Å²) in [6.45, 7) is 2.13. The van der Waals surface area contributed by atoms with E-state index >= 15 is 0 Å². The number of carbonyl (C=O) groups is 1. The number of carboxylic acids is 1. The molecule has 0 aromatic rings. The van der Waals surface area contributed by atoms with E-state index in [1.807, 2.05) is 6.92 Å². The van der Waals surface area contributed by atoms with E-state index in [9.17, 15) is 13.2 Å². The number of methoxy groups -OCH3 is 1. The van der Waals surface area contributed by atoms with E-state index in [1.54, 1.807) is 7.05 Å². The summed E-state index contributed by atoms with van der Waals surface area (Å²) in [4.78, 5) is 11.0. The van der Waals surface area contributed by atoms with Gasteiger partial charge in [-0.05, 0) is 32.1 Å². The van der Waals surface area contributed by atoms with Crippen LogP contribution >= 0.6 is 0 Å². The fourth-order valence-electron chi connectivity index (χ4n) is 2.94. The maximum atomic E-state index is 12.8. The van der Waals surface area contributed by atoms with E-state index in [-0.39, 0.29) is 25.1 Å². The third-order valence-corrected chi connectivity index (χ3v) is 6.71. The summed E-state index contributed by atoms with van der Waals surface area (Å²) in [5.74, 6) is -0.571. The van der Waals surface area contributed by atoms with E-state index < -0.39 is 22.2 Å². The molecule has 1 aliphatic carbocycles. The predicted octanol–water partition coefficient (Wildman–Crippen LogP) is 0.526. The molecular formula is C13H24N2O5S. The minimum atomic E-state index is -3.66. The lowest BCUT2D eigenvalue weighted by molar-refractivity contribution is -0.137. The van der Waals surface area contributed by atoms with Gasteiger partial charge in [0.2, 0.25) is 0 Å². The van der Waals surface area contributed by atoms with Crippen LogP contribution in [-0.4, -0.2) is 67.0 Å². The van der Waals surface area contributed by atoms with Crippen molar-refractivity contribution < 1.29 is 23.1 Å². The fraction of sp³-hybridized carbons (Fsp3) is 0.923. The van der Waals surface area contributed by atoms with Crippen molar-refractivity contribution in [3.05, 3.63) is 0 Å². The van der Waals surface area contributed by atoms with Gasteiger partial charge in [-0.15, -0.1) is 0 Å². The topological polar surface area (TPSA) is 87.1 Å². The number of hydrogen-bond acceptors (Lipinski definition) is 4. The molecule has 0 radical (unpaired) electrons. The van der Waals surface area contributed by atoms with Gasteiger partial charge in [-0.25, -0.2) is 0 Å². The Morgan fingerprint density at radius 3 is 2.57 bits per heavy atom. The second-order valence-electron chi connectivity index (χ2n) is 6.02. The van der Waals surface area contributed by atoms with E-state index in [0.29, 0.717) is 12.3 Å². The van der Waals surface area contributed by atoms with E-state index in [1.165, 1.54) is 15.7 Å². The fourth-order valence-corrected chi connectivity index (χ4v) is 4.75. The van der Waals surface area contributed by atoms with Gasteiger partial charge in [0.1, 0.15) is 0 Å². The van der Waals surface area contributed by atoms with Crippen LogP contribution in [-0.2, 0) is 19.7 Å². The molecule has 8 heteroatoms. The van der Waals surface area contributed by atoms with Crippen LogP contribution in [0.2, 0.25) is 0 Å². The summed E-state index contributed by atoms with van der Waals surface area (Å²) >= 11 is 0. The summed E-state index contributed by atoms with van der Waals surface area (Å²) in [6.07, 6.45) is 2.10. The molecule has 0 aromatic heterocycles. The molecule has 2 rings (SSSR count). The summed E-state index contributed by atoms with van der Waals surface area (Å²) < 4.78 is 33.4. The molecule has 0 aromatic carbocycles. The van der Waals surface area contributed by atoms with Crippen molar-refractivity contribution in [3.63, 3.8) is 0 Å². The zero-order valence-electron chi connectivity index (χ0n) is 12.7. The maximum absolute atomic E-state index is 12.8. The quantitative estimate of drug-likeness (QED) is 0.739. The first kappa shape index (κ1) is 16.7. The lowest BCUT2D eigenvalue weighted by Crippen LogP contribution is -2.48. The molecule has 2 fully saturated rings. The van der Waals surface area contributed by atoms with Gasteiger partial charge in [-0.1, -0.05) is 0 Å². The summed E-state index contributed by atoms with van der Waals surface area (Å²) in [6, 6.07) is -0.589. The van der Waals surface area contributed by atoms with Crippen molar-refractivity contribution in [1.82, 2.24) is 8.61 Å². The number of ether oxygens (including phenoxy) is 1. The van der Waals surface area contributed by atoms with Crippen LogP contribution < -0.4 is 0 Å². The molecule has 3 atom stereocenters. The van der Waals surface area contributed by atoms with Crippen LogP contribution in [0.1, 0.15) is 32.6 Å². The minimum absolute atomic E-state index is 0.0536. The molecule has 1 heterocycles. The van der Waals surface area contributed by atoms with Gasteiger partial charge < -0.3 is 9.84 Å². The molecule has 0 bridgehead atoms. The van der Waals surface area contributed by atoms with Gasteiger partial charge in [-0.2, -0.15) is 17.0 Å². The molecule has 21 heavy (non-hydrogen) atoms. The van der Waals surface area contributed by atoms with E-state index in [2.05, 4.69) is 0 Å². The predicted molar refractivity (Wildman–Crippen MR) is 77.0 cm³/mol. The Morgan fingerprint density at radius 2 is 2.10 bits per heavy atom. The van der Waals surface area contributed by atoms with Crippen LogP contribution in [0.25, 0.3) is 0 Å². The van der Waals surface area contributed by atoms with Crippen LogP contribution in [0, 0.1) is 5.92 Å². The van der Waals surface area contributed by atoms with Crippen molar-refractivity contribution >= 4 is 16.2 Å². The normalized spacial score (nSPS) is 29.0. The highest BCUT2D eigenvalue weighted by atomic mass is 32.2. The number of aliphatic carboxylic acids is 1. The van der Waals surface area contributed by atoms with Gasteiger partial charge >= 0.3 is 5.97 Å². The van der Waals surface area contributed by atoms with Crippen molar-refractivity contribution in [3.8, 4) is 0 Å². The molecule has 1 saturated carbocycles. The minimum Gasteiger partial charge on any atom is -0.481 e. The maximum Gasteiger partial charge on any atom is 0.304 e. The third kappa shape index (κ3) is 3.56. The molecule has 7 nitrogen and oxygen atoms in total. The van der Waals surface area contributed by atoms with Crippen molar-refractivity contribution in [2.75, 3.05) is 20.7 Å². The summed E-state index contributed by atoms with van der Waals surface area (Å²) in [5.41, 5.74) is 0. The highest BCUT2D eigenvalue weighted by Crippen LogP contribution is 2.37. The van der Waals surface area contributed by atoms with Crippen LogP contribution in [0.4, 0.5) is 0 Å². The van der Waals surface area contributed by atoms with Crippen LogP contribution in [0.5, 0.6) is 0 Å². The SMILES string of the molecule is COC1CC(CC(=O)O)N(S(=O)(=O)N(C)C(C)C2CC2)C1. The van der Waals surface area contributed by atoms with Crippen molar-refractivity contribution in [2.45, 2.75) is 50.8 Å². The zero-order valence-corrected chi connectivity index (χ0v) is 13.5.